The van der Waals surface area contributed by atoms with Gasteiger partial charge in [-0.25, -0.2) is 4.39 Å². The summed E-state index contributed by atoms with van der Waals surface area (Å²) in [7, 11) is 0. The lowest BCUT2D eigenvalue weighted by atomic mass is 10.2. The second kappa shape index (κ2) is 3.24. The van der Waals surface area contributed by atoms with Crippen molar-refractivity contribution in [1.82, 2.24) is 0 Å². The van der Waals surface area contributed by atoms with E-state index in [1.165, 1.54) is 6.07 Å². The molecular weight excluding hydrogens is 188 g/mol. The van der Waals surface area contributed by atoms with E-state index < -0.39 is 17.9 Å². The number of benzene rings is 1. The van der Waals surface area contributed by atoms with Crippen molar-refractivity contribution in [2.75, 3.05) is 0 Å². The number of hydrogen-bond acceptors (Lipinski definition) is 1. The zero-order chi connectivity index (χ0) is 14.1. The van der Waals surface area contributed by atoms with Crippen LogP contribution in [0.15, 0.2) is 18.2 Å². The highest BCUT2D eigenvalue weighted by molar-refractivity contribution is 5.28. The highest BCUT2D eigenvalue weighted by atomic mass is 19.4. The molecule has 0 fully saturated rings. The fraction of sp³-hybridized carbons (Fsp3) is 0.250. The number of alkyl halides is 3. The number of ether oxygens (including phenoxy) is 1. The highest BCUT2D eigenvalue weighted by Crippen LogP contribution is 2.25. The van der Waals surface area contributed by atoms with Gasteiger partial charge in [-0.2, -0.15) is 0 Å². The van der Waals surface area contributed by atoms with Crippen molar-refractivity contribution < 1.29 is 28.2 Å². The Hall–Kier alpha value is -1.26. The molecule has 76 valence electrons. The summed E-state index contributed by atoms with van der Waals surface area (Å²) < 4.78 is 71.1. The predicted octanol–water partition coefficient (Wildman–Crippen LogP) is 3.52. The molecule has 1 nitrogen and oxygen atoms in total. The second-order valence-electron chi connectivity index (χ2n) is 2.48. The Labute approximate surface area is 78.1 Å². The van der Waals surface area contributed by atoms with Gasteiger partial charge in [0.2, 0.25) is 0 Å². The van der Waals surface area contributed by atoms with Crippen LogP contribution in [0.5, 0.6) is 5.75 Å². The van der Waals surface area contributed by atoms with Gasteiger partial charge < -0.3 is 4.74 Å². The van der Waals surface area contributed by atoms with Crippen molar-refractivity contribution in [3.8, 4) is 5.75 Å². The van der Waals surface area contributed by atoms with E-state index in [1.807, 2.05) is 0 Å². The molecule has 0 N–H and O–H groups in total. The summed E-state index contributed by atoms with van der Waals surface area (Å²) in [5.41, 5.74) is 0.534. The maximum atomic E-state index is 12.8. The fourth-order valence-corrected chi connectivity index (χ4v) is 0.813. The first kappa shape index (κ1) is 7.17. The Morgan fingerprint density at radius 3 is 2.46 bits per heavy atom. The van der Waals surface area contributed by atoms with Crippen LogP contribution < -0.4 is 4.74 Å². The van der Waals surface area contributed by atoms with Gasteiger partial charge in [0.1, 0.15) is 0 Å². The predicted molar refractivity (Wildman–Crippen MR) is 42.0 cm³/mol. The smallest absolute Gasteiger partial charge is 0.403 e. The van der Waals surface area contributed by atoms with Crippen molar-refractivity contribution in [3.63, 3.8) is 0 Å². The number of aryl methyl sites for hydroxylation is 1. The Balaban J connectivity index is 0. The molecular formula is C8H10F4O. The minimum Gasteiger partial charge on any atom is -0.403 e. The molecule has 13 heavy (non-hydrogen) atoms. The first-order valence-corrected chi connectivity index (χ1v) is 3.40. The summed E-state index contributed by atoms with van der Waals surface area (Å²) in [6.07, 6.45) is -4.85. The summed E-state index contributed by atoms with van der Waals surface area (Å²) in [5.74, 6) is -1.82. The highest BCUT2D eigenvalue weighted by Gasteiger charge is 2.32. The van der Waals surface area contributed by atoms with Gasteiger partial charge in [-0.3, -0.25) is 0 Å². The first-order chi connectivity index (χ1) is 7.88. The van der Waals surface area contributed by atoms with Gasteiger partial charge >= 0.3 is 6.36 Å². The van der Waals surface area contributed by atoms with E-state index in [-0.39, 0.29) is 0 Å². The summed E-state index contributed by atoms with van der Waals surface area (Å²) in [6.45, 7) is 1.57. The first-order valence-electron chi connectivity index (χ1n) is 5.40. The molecule has 0 radical (unpaired) electrons. The molecule has 0 bridgehead atoms. The van der Waals surface area contributed by atoms with Crippen LogP contribution in [0.4, 0.5) is 17.6 Å². The lowest BCUT2D eigenvalue weighted by Gasteiger charge is -2.09. The van der Waals surface area contributed by atoms with Gasteiger partial charge in [-0.1, -0.05) is 6.07 Å². The largest absolute Gasteiger partial charge is 0.573 e. The molecule has 1 rings (SSSR count). The van der Waals surface area contributed by atoms with Crippen LogP contribution in [0, 0.1) is 12.7 Å². The van der Waals surface area contributed by atoms with E-state index in [1.54, 1.807) is 6.92 Å². The third-order valence-electron chi connectivity index (χ3n) is 1.31. The molecule has 0 aromatic heterocycles. The van der Waals surface area contributed by atoms with E-state index in [2.05, 4.69) is 4.74 Å². The van der Waals surface area contributed by atoms with Crippen molar-refractivity contribution in [2.24, 2.45) is 0 Å². The molecule has 0 saturated carbocycles. The molecule has 0 heterocycles. The zero-order valence-electron chi connectivity index (χ0n) is 10.7. The van der Waals surface area contributed by atoms with Crippen molar-refractivity contribution >= 4 is 0 Å². The van der Waals surface area contributed by atoms with Crippen LogP contribution in [0.25, 0.3) is 0 Å². The minimum absolute atomic E-state index is 0.534. The number of hydrogen-bond donors (Lipinski definition) is 0. The standard InChI is InChI=1S/C8H6F4O.2H2/c1-5-2-3-7(6(9)4-5)13-8(10,11)12;;/h2-4H,1H3;2*1H/i;2*1+1D. The number of rotatable bonds is 1. The van der Waals surface area contributed by atoms with Gasteiger partial charge in [0.15, 0.2) is 11.6 Å². The Bertz CT molecular complexity index is 319. The molecule has 0 unspecified atom stereocenters. The summed E-state index contributed by atoms with van der Waals surface area (Å²) in [5, 5.41) is 0. The van der Waals surface area contributed by atoms with Gasteiger partial charge in [0.05, 0.1) is 0 Å². The molecule has 1 aromatic carbocycles. The molecule has 0 spiro atoms. The fourth-order valence-electron chi connectivity index (χ4n) is 0.813. The molecule has 1 aromatic rings. The van der Waals surface area contributed by atoms with Gasteiger partial charge in [0.25, 0.3) is 0 Å². The Morgan fingerprint density at radius 2 is 2.00 bits per heavy atom. The van der Waals surface area contributed by atoms with Gasteiger partial charge in [-0.15, -0.1) is 13.2 Å². The molecule has 0 atom stereocenters. The Kier molecular flexibility index (Phi) is 1.79. The van der Waals surface area contributed by atoms with E-state index in [4.69, 9.17) is 5.94 Å². The zero-order valence-corrected chi connectivity index (χ0v) is 6.65. The quantitative estimate of drug-likeness (QED) is 0.633. The van der Waals surface area contributed by atoms with Crippen LogP contribution in [0.2, 0.25) is 0 Å². The summed E-state index contributed by atoms with van der Waals surface area (Å²) >= 11 is 0. The third-order valence-corrected chi connectivity index (χ3v) is 1.31. The number of halogens is 4. The Morgan fingerprint density at radius 1 is 1.38 bits per heavy atom. The lowest BCUT2D eigenvalue weighted by Crippen LogP contribution is -2.17. The molecule has 5 heteroatoms. The average Bonchev–Trinajstić information content (AvgIpc) is 2.27. The monoisotopic (exact) mass is 202 g/mol. The lowest BCUT2D eigenvalue weighted by molar-refractivity contribution is -0.275. The maximum absolute atomic E-state index is 12.8. The third kappa shape index (κ3) is 2.93. The SMILES string of the molecule is Cc1ccc(OC(F)(F)F)c(F)c1.[2H][2H].[2H][2H]. The molecule has 0 aliphatic rings. The maximum Gasteiger partial charge on any atom is 0.573 e. The summed E-state index contributed by atoms with van der Waals surface area (Å²) in [4.78, 5) is 0. The average molecular weight is 202 g/mol. The van der Waals surface area contributed by atoms with Gasteiger partial charge in [0, 0.05) is 5.94 Å². The van der Waals surface area contributed by atoms with Crippen LogP contribution in [-0.4, -0.2) is 6.36 Å². The van der Waals surface area contributed by atoms with Crippen LogP contribution in [-0.2, 0) is 0 Å². The molecule has 0 aliphatic carbocycles. The van der Waals surface area contributed by atoms with E-state index >= 15 is 0 Å². The molecule has 0 amide bonds. The van der Waals surface area contributed by atoms with E-state index in [0.717, 1.165) is 12.1 Å². The van der Waals surface area contributed by atoms with E-state index in [0.29, 0.717) is 5.56 Å². The van der Waals surface area contributed by atoms with Crippen molar-refractivity contribution in [1.29, 1.82) is 0 Å². The van der Waals surface area contributed by atoms with Crippen molar-refractivity contribution in [2.45, 2.75) is 13.3 Å². The van der Waals surface area contributed by atoms with Crippen LogP contribution >= 0.6 is 0 Å². The van der Waals surface area contributed by atoms with Crippen LogP contribution in [0.3, 0.4) is 0 Å². The van der Waals surface area contributed by atoms with Crippen molar-refractivity contribution in [3.05, 3.63) is 29.6 Å². The van der Waals surface area contributed by atoms with Gasteiger partial charge in [-0.05, 0) is 24.6 Å². The topological polar surface area (TPSA) is 9.23 Å². The second-order valence-corrected chi connectivity index (χ2v) is 2.48. The molecule has 0 aliphatic heterocycles. The molecule has 0 saturated heterocycles. The normalized spacial score (nSPS) is 12.7. The van der Waals surface area contributed by atoms with Crippen LogP contribution in [0.1, 0.15) is 11.5 Å². The summed E-state index contributed by atoms with van der Waals surface area (Å²) in [6, 6.07) is 3.25. The minimum atomic E-state index is -4.85. The van der Waals surface area contributed by atoms with E-state index in [9.17, 15) is 17.6 Å².